The Morgan fingerprint density at radius 3 is 1.43 bits per heavy atom. The van der Waals surface area contributed by atoms with Crippen molar-refractivity contribution in [1.29, 1.82) is 0 Å². The van der Waals surface area contributed by atoms with Crippen LogP contribution in [0.15, 0.2) is 111 Å². The number of halogens is 5. The van der Waals surface area contributed by atoms with E-state index in [2.05, 4.69) is 41.7 Å². The summed E-state index contributed by atoms with van der Waals surface area (Å²) >= 11 is 31.0. The number of carbonyl (C=O) groups excluding carboxylic acids is 6. The van der Waals surface area contributed by atoms with Gasteiger partial charge in [0.2, 0.25) is 12.1 Å². The maximum absolute atomic E-state index is 13.5. The van der Waals surface area contributed by atoms with Crippen molar-refractivity contribution in [3.63, 3.8) is 0 Å². The fourth-order valence-electron chi connectivity index (χ4n) is 6.71. The van der Waals surface area contributed by atoms with Crippen LogP contribution < -0.4 is 30.7 Å². The summed E-state index contributed by atoms with van der Waals surface area (Å²) in [7, 11) is 0. The van der Waals surface area contributed by atoms with E-state index in [1.807, 2.05) is 26.0 Å². The molecule has 4 amide bonds. The second kappa shape index (κ2) is 26.5. The van der Waals surface area contributed by atoms with Crippen molar-refractivity contribution in [1.82, 2.24) is 0 Å². The minimum absolute atomic E-state index is 0.0816. The van der Waals surface area contributed by atoms with Gasteiger partial charge in [-0.2, -0.15) is 20.5 Å². The van der Waals surface area contributed by atoms with Gasteiger partial charge in [-0.05, 0) is 124 Å². The topological polar surface area (TPSA) is 218 Å². The van der Waals surface area contributed by atoms with Gasteiger partial charge in [-0.3, -0.25) is 28.8 Å². The summed E-state index contributed by atoms with van der Waals surface area (Å²) < 4.78 is 11.4. The number of anilines is 4. The van der Waals surface area contributed by atoms with E-state index in [1.165, 1.54) is 54.6 Å². The fourth-order valence-corrected chi connectivity index (χ4v) is 7.79. The number of para-hydroxylation sites is 2. The van der Waals surface area contributed by atoms with Gasteiger partial charge in [0.1, 0.15) is 11.5 Å². The lowest BCUT2D eigenvalue weighted by Crippen LogP contribution is -2.32. The predicted molar refractivity (Wildman–Crippen MR) is 274 cm³/mol. The molecule has 0 radical (unpaired) electrons. The second-order valence-corrected chi connectivity index (χ2v) is 17.0. The molecule has 2 atom stereocenters. The zero-order valence-electron chi connectivity index (χ0n) is 38.2. The zero-order chi connectivity index (χ0) is 50.9. The molecule has 5 rings (SSSR count). The molecule has 0 aliphatic carbocycles. The number of nitrogens with one attached hydrogen (secondary N) is 4. The molecule has 16 nitrogen and oxygen atoms in total. The Hall–Kier alpha value is -6.43. The van der Waals surface area contributed by atoms with Crippen LogP contribution >= 0.6 is 58.0 Å². The van der Waals surface area contributed by atoms with Crippen LogP contribution in [-0.2, 0) is 37.9 Å². The molecule has 4 N–H and O–H groups in total. The Bertz CT molecular complexity index is 2780. The molecular formula is C49H47Cl5N8O8. The van der Waals surface area contributed by atoms with E-state index in [0.29, 0.717) is 66.3 Å². The number of ether oxygens (including phenoxy) is 2. The fraction of sp³-hybridized carbons (Fsp3) is 0.265. The highest BCUT2D eigenvalue weighted by atomic mass is 35.5. The van der Waals surface area contributed by atoms with E-state index in [4.69, 9.17) is 67.5 Å². The van der Waals surface area contributed by atoms with Crippen molar-refractivity contribution >= 4 is 127 Å². The molecule has 0 aromatic heterocycles. The molecule has 0 aliphatic heterocycles. The summed E-state index contributed by atoms with van der Waals surface area (Å²) in [5.74, 6) is -2.70. The zero-order valence-corrected chi connectivity index (χ0v) is 42.0. The number of rotatable bonds is 23. The second-order valence-electron chi connectivity index (χ2n) is 15.1. The molecule has 2 unspecified atom stereocenters. The average molecular weight is 1050 g/mol. The molecule has 5 aromatic rings. The van der Waals surface area contributed by atoms with Crippen molar-refractivity contribution in [2.75, 3.05) is 46.2 Å². The lowest BCUT2D eigenvalue weighted by Gasteiger charge is -2.16. The van der Waals surface area contributed by atoms with Crippen molar-refractivity contribution in [2.45, 2.75) is 58.5 Å². The number of hydrogen-bond acceptors (Lipinski definition) is 12. The van der Waals surface area contributed by atoms with E-state index < -0.39 is 47.3 Å². The van der Waals surface area contributed by atoms with Crippen molar-refractivity contribution in [3.8, 4) is 11.5 Å². The summed E-state index contributed by atoms with van der Waals surface area (Å²) in [6.45, 7) is 6.67. The first kappa shape index (κ1) is 54.5. The molecular weight excluding hydrogens is 1010 g/mol. The van der Waals surface area contributed by atoms with Gasteiger partial charge < -0.3 is 30.7 Å². The third-order valence-electron chi connectivity index (χ3n) is 9.94. The van der Waals surface area contributed by atoms with Crippen LogP contribution in [0.3, 0.4) is 0 Å². The number of amides is 4. The number of hydrogen-bond donors (Lipinski definition) is 4. The Kier molecular flexibility index (Phi) is 20.7. The smallest absolute Gasteiger partial charge is 0.258 e. The molecule has 70 heavy (non-hydrogen) atoms. The van der Waals surface area contributed by atoms with Crippen LogP contribution in [-0.4, -0.2) is 72.3 Å². The van der Waals surface area contributed by atoms with E-state index in [9.17, 15) is 28.8 Å². The number of carbonyl (C=O) groups is 6. The molecule has 0 spiro atoms. The number of azo groups is 2. The molecule has 366 valence electrons. The summed E-state index contributed by atoms with van der Waals surface area (Å²) in [6, 6.07) is 20.2. The normalized spacial score (nSPS) is 12.0. The summed E-state index contributed by atoms with van der Waals surface area (Å²) in [4.78, 5) is 79.3. The summed E-state index contributed by atoms with van der Waals surface area (Å²) in [5.41, 5.74) is 3.51. The van der Waals surface area contributed by atoms with Gasteiger partial charge in [0, 0.05) is 50.2 Å². The largest absolute Gasteiger partial charge is 0.492 e. The Morgan fingerprint density at radius 2 is 1.01 bits per heavy atom. The molecule has 0 heterocycles. The van der Waals surface area contributed by atoms with E-state index in [1.54, 1.807) is 24.3 Å². The Balaban J connectivity index is 1.28. The number of benzene rings is 5. The molecule has 0 aliphatic rings. The average Bonchev–Trinajstić information content (AvgIpc) is 3.31. The first-order valence-electron chi connectivity index (χ1n) is 21.6. The number of aryl methyl sites for hydroxylation is 2. The van der Waals surface area contributed by atoms with Crippen molar-refractivity contribution in [2.24, 2.45) is 20.5 Å². The standard InChI is InChI=1S/C49H47Cl5N8O8/c1-5-69-40-11-7-9-29(15-17-50)44(40)57-46(65)31-19-34(53)24-37(21-31)59-61-42(27(3)63)48(67)55-36-13-14-39(33(23-36)26-52)56-49(68)43(28(4)64)62-60-38-22-32(20-35(54)25-38)47(66)58-45-30(16-18-51)10-8-12-41(45)70-6-2/h7-14,19-25,42-43H,5-6,15-18,26H2,1-4H3,(H,55,67)(H,56,68)(H,57,65)(H,58,66). The molecule has 0 bridgehead atoms. The molecule has 5 aromatic carbocycles. The first-order chi connectivity index (χ1) is 33.6. The van der Waals surface area contributed by atoms with Gasteiger partial charge in [-0.15, -0.1) is 34.8 Å². The summed E-state index contributed by atoms with van der Waals surface area (Å²) in [6.07, 6.45) is 0.933. The third-order valence-corrected chi connectivity index (χ3v) is 11.0. The molecule has 0 saturated carbocycles. The number of alkyl halides is 3. The van der Waals surface area contributed by atoms with Crippen LogP contribution in [0.25, 0.3) is 0 Å². The quantitative estimate of drug-likeness (QED) is 0.0279. The SMILES string of the molecule is CCOc1cccc(CCCl)c1NC(=O)c1cc(Cl)cc(N=NC(C(C)=O)C(=O)Nc2ccc(NC(=O)C(N=Nc3cc(Cl)cc(C(=O)Nc4c(CCCl)cccc4OCC)c3)C(C)=O)c(CCl)c2)c1. The lowest BCUT2D eigenvalue weighted by atomic mass is 10.1. The van der Waals surface area contributed by atoms with Gasteiger partial charge in [0.05, 0.1) is 36.0 Å². The van der Waals surface area contributed by atoms with E-state index >= 15 is 0 Å². The van der Waals surface area contributed by atoms with Crippen LogP contribution in [0.1, 0.15) is 65.1 Å². The summed E-state index contributed by atoms with van der Waals surface area (Å²) in [5, 5.41) is 27.4. The molecule has 21 heteroatoms. The minimum Gasteiger partial charge on any atom is -0.492 e. The Morgan fingerprint density at radius 1 is 0.557 bits per heavy atom. The van der Waals surface area contributed by atoms with Gasteiger partial charge in [0.15, 0.2) is 11.6 Å². The predicted octanol–water partition coefficient (Wildman–Crippen LogP) is 12.0. The van der Waals surface area contributed by atoms with Crippen LogP contribution in [0, 0.1) is 0 Å². The highest BCUT2D eigenvalue weighted by Gasteiger charge is 2.26. The minimum atomic E-state index is -1.63. The van der Waals surface area contributed by atoms with Crippen LogP contribution in [0.4, 0.5) is 34.1 Å². The first-order valence-corrected chi connectivity index (χ1v) is 23.9. The van der Waals surface area contributed by atoms with Crippen LogP contribution in [0.5, 0.6) is 11.5 Å². The van der Waals surface area contributed by atoms with Crippen molar-refractivity contribution < 1.29 is 38.2 Å². The Labute approximate surface area is 428 Å². The highest BCUT2D eigenvalue weighted by molar-refractivity contribution is 6.32. The number of Topliss-reactive ketones (excluding diaryl/α,β-unsaturated/α-hetero) is 2. The number of nitrogens with zero attached hydrogens (tertiary/aromatic N) is 4. The van der Waals surface area contributed by atoms with Gasteiger partial charge in [-0.25, -0.2) is 0 Å². The van der Waals surface area contributed by atoms with Gasteiger partial charge >= 0.3 is 0 Å². The van der Waals surface area contributed by atoms with Crippen LogP contribution in [0.2, 0.25) is 10.0 Å². The highest BCUT2D eigenvalue weighted by Crippen LogP contribution is 2.33. The van der Waals surface area contributed by atoms with E-state index in [0.717, 1.165) is 25.0 Å². The van der Waals surface area contributed by atoms with Gasteiger partial charge in [-0.1, -0.05) is 47.5 Å². The third kappa shape index (κ3) is 15.0. The maximum Gasteiger partial charge on any atom is 0.258 e. The van der Waals surface area contributed by atoms with E-state index in [-0.39, 0.29) is 49.8 Å². The molecule has 0 saturated heterocycles. The van der Waals surface area contributed by atoms with Crippen molar-refractivity contribution in [3.05, 3.63) is 129 Å². The monoisotopic (exact) mass is 1050 g/mol. The lowest BCUT2D eigenvalue weighted by molar-refractivity contribution is -0.127. The van der Waals surface area contributed by atoms with Gasteiger partial charge in [0.25, 0.3) is 23.6 Å². The maximum atomic E-state index is 13.5. The molecule has 0 fully saturated rings. The number of ketones is 2.